The fourth-order valence-corrected chi connectivity index (χ4v) is 2.87. The van der Waals surface area contributed by atoms with E-state index in [0.29, 0.717) is 0 Å². The third-order valence-corrected chi connectivity index (χ3v) is 3.95. The van der Waals surface area contributed by atoms with Crippen LogP contribution in [0.1, 0.15) is 18.4 Å². The molecule has 0 atom stereocenters. The highest BCUT2D eigenvalue weighted by molar-refractivity contribution is 5.62. The van der Waals surface area contributed by atoms with Gasteiger partial charge in [0.2, 0.25) is 0 Å². The zero-order valence-corrected chi connectivity index (χ0v) is 11.5. The number of aromatic nitrogens is 2. The highest BCUT2D eigenvalue weighted by Gasteiger charge is 2.13. The Morgan fingerprint density at radius 2 is 2.11 bits per heavy atom. The standard InChI is InChI=1S/C16H21N3/c1-19-12-16(11-18-19)15-4-2-3-14(10-15)9-13-5-7-17-8-6-13/h2-4,10-13,17H,5-9H2,1H3. The van der Waals surface area contributed by atoms with Crippen LogP contribution in [0.5, 0.6) is 0 Å². The summed E-state index contributed by atoms with van der Waals surface area (Å²) in [7, 11) is 1.96. The topological polar surface area (TPSA) is 29.9 Å². The van der Waals surface area contributed by atoms with Crippen LogP contribution >= 0.6 is 0 Å². The van der Waals surface area contributed by atoms with E-state index in [9.17, 15) is 0 Å². The van der Waals surface area contributed by atoms with Gasteiger partial charge in [-0.3, -0.25) is 4.68 Å². The molecule has 0 radical (unpaired) electrons. The molecule has 2 aromatic rings. The van der Waals surface area contributed by atoms with Gasteiger partial charge in [0.05, 0.1) is 6.20 Å². The van der Waals surface area contributed by atoms with Crippen molar-refractivity contribution in [1.29, 1.82) is 0 Å². The molecule has 0 amide bonds. The van der Waals surface area contributed by atoms with Crippen molar-refractivity contribution >= 4 is 0 Å². The normalized spacial score (nSPS) is 16.7. The summed E-state index contributed by atoms with van der Waals surface area (Å²) >= 11 is 0. The Morgan fingerprint density at radius 3 is 2.84 bits per heavy atom. The SMILES string of the molecule is Cn1cc(-c2cccc(CC3CCNCC3)c2)cn1. The molecule has 0 bridgehead atoms. The Labute approximate surface area is 114 Å². The number of nitrogens with one attached hydrogen (secondary N) is 1. The molecule has 0 aliphatic carbocycles. The Kier molecular flexibility index (Phi) is 3.65. The number of rotatable bonds is 3. The van der Waals surface area contributed by atoms with Crippen molar-refractivity contribution in [1.82, 2.24) is 15.1 Å². The summed E-state index contributed by atoms with van der Waals surface area (Å²) in [6, 6.07) is 8.91. The molecule has 1 N–H and O–H groups in total. The van der Waals surface area contributed by atoms with E-state index in [1.807, 2.05) is 17.9 Å². The maximum atomic E-state index is 4.25. The second-order valence-electron chi connectivity index (χ2n) is 5.50. The number of hydrogen-bond acceptors (Lipinski definition) is 2. The smallest absolute Gasteiger partial charge is 0.0568 e. The molecule has 0 saturated carbocycles. The predicted octanol–water partition coefficient (Wildman–Crippen LogP) is 2.63. The first-order valence-corrected chi connectivity index (χ1v) is 7.10. The largest absolute Gasteiger partial charge is 0.317 e. The van der Waals surface area contributed by atoms with Crippen molar-refractivity contribution < 1.29 is 0 Å². The van der Waals surface area contributed by atoms with Crippen LogP contribution in [-0.2, 0) is 13.5 Å². The fraction of sp³-hybridized carbons (Fsp3) is 0.438. The minimum absolute atomic E-state index is 0.838. The number of piperidine rings is 1. The fourth-order valence-electron chi connectivity index (χ4n) is 2.87. The van der Waals surface area contributed by atoms with Crippen molar-refractivity contribution in [3.63, 3.8) is 0 Å². The van der Waals surface area contributed by atoms with Gasteiger partial charge in [0.25, 0.3) is 0 Å². The average Bonchev–Trinajstić information content (AvgIpc) is 2.87. The molecule has 19 heavy (non-hydrogen) atoms. The quantitative estimate of drug-likeness (QED) is 0.913. The van der Waals surface area contributed by atoms with Crippen LogP contribution in [0, 0.1) is 5.92 Å². The van der Waals surface area contributed by atoms with Gasteiger partial charge in [-0.2, -0.15) is 5.10 Å². The monoisotopic (exact) mass is 255 g/mol. The molecule has 3 nitrogen and oxygen atoms in total. The highest BCUT2D eigenvalue weighted by Crippen LogP contribution is 2.23. The van der Waals surface area contributed by atoms with E-state index in [2.05, 4.69) is 40.9 Å². The van der Waals surface area contributed by atoms with Crippen LogP contribution in [0.4, 0.5) is 0 Å². The lowest BCUT2D eigenvalue weighted by Gasteiger charge is -2.22. The molecule has 1 saturated heterocycles. The zero-order chi connectivity index (χ0) is 13.1. The molecular formula is C16H21N3. The first-order chi connectivity index (χ1) is 9.31. The van der Waals surface area contributed by atoms with E-state index in [0.717, 1.165) is 5.92 Å². The Bertz CT molecular complexity index is 538. The van der Waals surface area contributed by atoms with Gasteiger partial charge in [-0.25, -0.2) is 0 Å². The molecule has 0 unspecified atom stereocenters. The summed E-state index contributed by atoms with van der Waals surface area (Å²) in [5.41, 5.74) is 3.93. The maximum Gasteiger partial charge on any atom is 0.0568 e. The van der Waals surface area contributed by atoms with Crippen LogP contribution in [-0.4, -0.2) is 22.9 Å². The number of aryl methyl sites for hydroxylation is 1. The molecule has 1 aliphatic heterocycles. The molecule has 0 spiro atoms. The molecule has 1 fully saturated rings. The minimum atomic E-state index is 0.838. The van der Waals surface area contributed by atoms with Gasteiger partial charge in [0.15, 0.2) is 0 Å². The third-order valence-electron chi connectivity index (χ3n) is 3.95. The summed E-state index contributed by atoms with van der Waals surface area (Å²) in [4.78, 5) is 0. The molecule has 2 heterocycles. The number of nitrogens with zero attached hydrogens (tertiary/aromatic N) is 2. The van der Waals surface area contributed by atoms with E-state index in [1.54, 1.807) is 0 Å². The summed E-state index contributed by atoms with van der Waals surface area (Å²) in [5, 5.41) is 7.68. The number of hydrogen-bond donors (Lipinski definition) is 1. The minimum Gasteiger partial charge on any atom is -0.317 e. The van der Waals surface area contributed by atoms with Crippen molar-refractivity contribution in [3.8, 4) is 11.1 Å². The van der Waals surface area contributed by atoms with Gasteiger partial charge in [0, 0.05) is 18.8 Å². The first-order valence-electron chi connectivity index (χ1n) is 7.10. The third kappa shape index (κ3) is 3.04. The average molecular weight is 255 g/mol. The molecular weight excluding hydrogens is 234 g/mol. The summed E-state index contributed by atoms with van der Waals surface area (Å²) < 4.78 is 1.86. The lowest BCUT2D eigenvalue weighted by Crippen LogP contribution is -2.28. The maximum absolute atomic E-state index is 4.25. The summed E-state index contributed by atoms with van der Waals surface area (Å²) in [5.74, 6) is 0.838. The van der Waals surface area contributed by atoms with Crippen LogP contribution in [0.15, 0.2) is 36.7 Å². The van der Waals surface area contributed by atoms with Crippen molar-refractivity contribution in [2.24, 2.45) is 13.0 Å². The van der Waals surface area contributed by atoms with Crippen LogP contribution < -0.4 is 5.32 Å². The second-order valence-corrected chi connectivity index (χ2v) is 5.50. The number of benzene rings is 1. The van der Waals surface area contributed by atoms with E-state index in [1.165, 1.54) is 49.0 Å². The first kappa shape index (κ1) is 12.4. The molecule has 1 aromatic carbocycles. The zero-order valence-electron chi connectivity index (χ0n) is 11.5. The van der Waals surface area contributed by atoms with Gasteiger partial charge in [-0.15, -0.1) is 0 Å². The van der Waals surface area contributed by atoms with Gasteiger partial charge in [-0.1, -0.05) is 24.3 Å². The van der Waals surface area contributed by atoms with E-state index >= 15 is 0 Å². The van der Waals surface area contributed by atoms with Crippen LogP contribution in [0.3, 0.4) is 0 Å². The van der Waals surface area contributed by atoms with E-state index in [4.69, 9.17) is 0 Å². The van der Waals surface area contributed by atoms with Crippen molar-refractivity contribution in [3.05, 3.63) is 42.2 Å². The predicted molar refractivity (Wildman–Crippen MR) is 77.9 cm³/mol. The molecule has 3 rings (SSSR count). The van der Waals surface area contributed by atoms with Gasteiger partial charge < -0.3 is 5.32 Å². The molecule has 1 aromatic heterocycles. The molecule has 100 valence electrons. The Balaban J connectivity index is 1.75. The summed E-state index contributed by atoms with van der Waals surface area (Å²) in [6.07, 6.45) is 7.82. The van der Waals surface area contributed by atoms with Crippen LogP contribution in [0.25, 0.3) is 11.1 Å². The van der Waals surface area contributed by atoms with Gasteiger partial charge >= 0.3 is 0 Å². The molecule has 1 aliphatic rings. The lowest BCUT2D eigenvalue weighted by molar-refractivity contribution is 0.373. The summed E-state index contributed by atoms with van der Waals surface area (Å²) in [6.45, 7) is 2.35. The van der Waals surface area contributed by atoms with Gasteiger partial charge in [-0.05, 0) is 49.4 Å². The Morgan fingerprint density at radius 1 is 1.26 bits per heavy atom. The molecule has 3 heteroatoms. The highest BCUT2D eigenvalue weighted by atomic mass is 15.2. The van der Waals surface area contributed by atoms with Gasteiger partial charge in [0.1, 0.15) is 0 Å². The van der Waals surface area contributed by atoms with Crippen LogP contribution in [0.2, 0.25) is 0 Å². The van der Waals surface area contributed by atoms with Crippen molar-refractivity contribution in [2.45, 2.75) is 19.3 Å². The lowest BCUT2D eigenvalue weighted by atomic mass is 9.90. The van der Waals surface area contributed by atoms with E-state index in [-0.39, 0.29) is 0 Å². The Hall–Kier alpha value is -1.61. The van der Waals surface area contributed by atoms with Crippen molar-refractivity contribution in [2.75, 3.05) is 13.1 Å². The second kappa shape index (κ2) is 5.57. The van der Waals surface area contributed by atoms with E-state index < -0.39 is 0 Å².